The summed E-state index contributed by atoms with van der Waals surface area (Å²) in [7, 11) is 0. The Hall–Kier alpha value is -2.33. The Morgan fingerprint density at radius 1 is 0.963 bits per heavy atom. The SMILES string of the molecule is CCCOc1ccc(C(=O)NCc2ccc(CN3CCCCC3)cc2)cc1. The number of carbonyl (C=O) groups is 1. The van der Waals surface area contributed by atoms with E-state index in [1.807, 2.05) is 24.3 Å². The minimum Gasteiger partial charge on any atom is -0.494 e. The molecule has 0 atom stereocenters. The molecule has 2 aromatic rings. The van der Waals surface area contributed by atoms with Crippen LogP contribution in [0, 0.1) is 0 Å². The molecule has 1 aliphatic rings. The van der Waals surface area contributed by atoms with E-state index in [9.17, 15) is 4.79 Å². The molecule has 0 radical (unpaired) electrons. The first-order valence-corrected chi connectivity index (χ1v) is 10.1. The van der Waals surface area contributed by atoms with Gasteiger partial charge in [-0.2, -0.15) is 0 Å². The summed E-state index contributed by atoms with van der Waals surface area (Å²) in [5, 5.41) is 2.99. The van der Waals surface area contributed by atoms with E-state index in [1.165, 1.54) is 37.9 Å². The van der Waals surface area contributed by atoms with E-state index >= 15 is 0 Å². The molecule has 1 saturated heterocycles. The number of rotatable bonds is 8. The number of carbonyl (C=O) groups excluding carboxylic acids is 1. The first kappa shape index (κ1) is 19.4. The van der Waals surface area contributed by atoms with Crippen LogP contribution in [-0.4, -0.2) is 30.5 Å². The van der Waals surface area contributed by atoms with Gasteiger partial charge in [0.2, 0.25) is 0 Å². The lowest BCUT2D eigenvalue weighted by atomic mass is 10.1. The van der Waals surface area contributed by atoms with Crippen molar-refractivity contribution >= 4 is 5.91 Å². The lowest BCUT2D eigenvalue weighted by molar-refractivity contribution is 0.0951. The largest absolute Gasteiger partial charge is 0.494 e. The minimum absolute atomic E-state index is 0.0607. The van der Waals surface area contributed by atoms with E-state index < -0.39 is 0 Å². The van der Waals surface area contributed by atoms with Gasteiger partial charge in [-0.15, -0.1) is 0 Å². The van der Waals surface area contributed by atoms with Crippen LogP contribution in [-0.2, 0) is 13.1 Å². The van der Waals surface area contributed by atoms with Crippen LogP contribution in [0.1, 0.15) is 54.1 Å². The summed E-state index contributed by atoms with van der Waals surface area (Å²) in [5.74, 6) is 0.743. The van der Waals surface area contributed by atoms with Gasteiger partial charge in [-0.05, 0) is 67.7 Å². The molecule has 4 nitrogen and oxygen atoms in total. The second-order valence-corrected chi connectivity index (χ2v) is 7.21. The van der Waals surface area contributed by atoms with Crippen LogP contribution in [0.3, 0.4) is 0 Å². The number of nitrogens with zero attached hydrogens (tertiary/aromatic N) is 1. The zero-order valence-electron chi connectivity index (χ0n) is 16.2. The maximum Gasteiger partial charge on any atom is 0.251 e. The normalized spacial score (nSPS) is 14.7. The summed E-state index contributed by atoms with van der Waals surface area (Å²) < 4.78 is 5.55. The smallest absolute Gasteiger partial charge is 0.251 e. The second kappa shape index (κ2) is 10.1. The van der Waals surface area contributed by atoms with Crippen LogP contribution in [0.25, 0.3) is 0 Å². The average molecular weight is 367 g/mol. The molecule has 1 amide bonds. The number of nitrogens with one attached hydrogen (secondary N) is 1. The van der Waals surface area contributed by atoms with E-state index in [2.05, 4.69) is 41.4 Å². The van der Waals surface area contributed by atoms with Crippen molar-refractivity contribution in [3.8, 4) is 5.75 Å². The zero-order valence-corrected chi connectivity index (χ0v) is 16.2. The van der Waals surface area contributed by atoms with Crippen LogP contribution < -0.4 is 10.1 Å². The maximum atomic E-state index is 12.3. The van der Waals surface area contributed by atoms with E-state index in [0.29, 0.717) is 18.7 Å². The van der Waals surface area contributed by atoms with Gasteiger partial charge in [0.25, 0.3) is 5.91 Å². The topological polar surface area (TPSA) is 41.6 Å². The van der Waals surface area contributed by atoms with Gasteiger partial charge in [0.15, 0.2) is 0 Å². The minimum atomic E-state index is -0.0607. The highest BCUT2D eigenvalue weighted by Crippen LogP contribution is 2.14. The van der Waals surface area contributed by atoms with Gasteiger partial charge in [0, 0.05) is 18.7 Å². The quantitative estimate of drug-likeness (QED) is 0.753. The summed E-state index contributed by atoms with van der Waals surface area (Å²) in [5.41, 5.74) is 3.11. The molecule has 144 valence electrons. The summed E-state index contributed by atoms with van der Waals surface area (Å²) in [4.78, 5) is 14.8. The summed E-state index contributed by atoms with van der Waals surface area (Å²) in [6, 6.07) is 15.9. The van der Waals surface area contributed by atoms with Gasteiger partial charge < -0.3 is 10.1 Å². The molecule has 1 fully saturated rings. The van der Waals surface area contributed by atoms with Gasteiger partial charge in [0.05, 0.1) is 6.61 Å². The molecule has 0 spiro atoms. The van der Waals surface area contributed by atoms with Crippen molar-refractivity contribution in [2.75, 3.05) is 19.7 Å². The number of hydrogen-bond acceptors (Lipinski definition) is 3. The van der Waals surface area contributed by atoms with E-state index in [0.717, 1.165) is 24.3 Å². The Labute approximate surface area is 162 Å². The molecule has 0 saturated carbocycles. The van der Waals surface area contributed by atoms with Crippen LogP contribution >= 0.6 is 0 Å². The lowest BCUT2D eigenvalue weighted by Gasteiger charge is -2.26. The molecule has 27 heavy (non-hydrogen) atoms. The molecule has 2 aromatic carbocycles. The molecule has 1 N–H and O–H groups in total. The molecule has 4 heteroatoms. The molecular weight excluding hydrogens is 336 g/mol. The molecular formula is C23H30N2O2. The van der Waals surface area contributed by atoms with E-state index in [4.69, 9.17) is 4.74 Å². The molecule has 1 heterocycles. The van der Waals surface area contributed by atoms with Crippen molar-refractivity contribution in [3.63, 3.8) is 0 Å². The highest BCUT2D eigenvalue weighted by atomic mass is 16.5. The highest BCUT2D eigenvalue weighted by Gasteiger charge is 2.10. The second-order valence-electron chi connectivity index (χ2n) is 7.21. The van der Waals surface area contributed by atoms with Crippen LogP contribution in [0.15, 0.2) is 48.5 Å². The Morgan fingerprint density at radius 3 is 2.30 bits per heavy atom. The van der Waals surface area contributed by atoms with Crippen molar-refractivity contribution in [2.45, 2.75) is 45.7 Å². The highest BCUT2D eigenvalue weighted by molar-refractivity contribution is 5.94. The van der Waals surface area contributed by atoms with Crippen LogP contribution in [0.4, 0.5) is 0 Å². The molecule has 1 aliphatic heterocycles. The number of benzene rings is 2. The fourth-order valence-corrected chi connectivity index (χ4v) is 3.35. The fourth-order valence-electron chi connectivity index (χ4n) is 3.35. The average Bonchev–Trinajstić information content (AvgIpc) is 2.72. The number of amides is 1. The molecule has 0 aromatic heterocycles. The maximum absolute atomic E-state index is 12.3. The summed E-state index contributed by atoms with van der Waals surface area (Å²) in [6.07, 6.45) is 4.97. The van der Waals surface area contributed by atoms with Crippen molar-refractivity contribution in [1.29, 1.82) is 0 Å². The summed E-state index contributed by atoms with van der Waals surface area (Å²) in [6.45, 7) is 6.75. The lowest BCUT2D eigenvalue weighted by Crippen LogP contribution is -2.29. The van der Waals surface area contributed by atoms with Crippen LogP contribution in [0.2, 0.25) is 0 Å². The van der Waals surface area contributed by atoms with Crippen molar-refractivity contribution < 1.29 is 9.53 Å². The van der Waals surface area contributed by atoms with Gasteiger partial charge in [-0.25, -0.2) is 0 Å². The molecule has 0 aliphatic carbocycles. The van der Waals surface area contributed by atoms with Gasteiger partial charge in [0.1, 0.15) is 5.75 Å². The predicted octanol–water partition coefficient (Wildman–Crippen LogP) is 4.39. The van der Waals surface area contributed by atoms with Crippen molar-refractivity contribution in [1.82, 2.24) is 10.2 Å². The number of hydrogen-bond donors (Lipinski definition) is 1. The predicted molar refractivity (Wildman–Crippen MR) is 109 cm³/mol. The van der Waals surface area contributed by atoms with Gasteiger partial charge >= 0.3 is 0 Å². The summed E-state index contributed by atoms with van der Waals surface area (Å²) >= 11 is 0. The first-order chi connectivity index (χ1) is 13.2. The van der Waals surface area contributed by atoms with Crippen molar-refractivity contribution in [3.05, 3.63) is 65.2 Å². The first-order valence-electron chi connectivity index (χ1n) is 10.1. The van der Waals surface area contributed by atoms with Crippen molar-refractivity contribution in [2.24, 2.45) is 0 Å². The third kappa shape index (κ3) is 6.10. The van der Waals surface area contributed by atoms with Crippen LogP contribution in [0.5, 0.6) is 5.75 Å². The third-order valence-electron chi connectivity index (χ3n) is 4.92. The van der Waals surface area contributed by atoms with E-state index in [-0.39, 0.29) is 5.91 Å². The number of ether oxygens (including phenoxy) is 1. The van der Waals surface area contributed by atoms with Gasteiger partial charge in [-0.1, -0.05) is 37.6 Å². The standard InChI is InChI=1S/C23H30N2O2/c1-2-16-27-22-12-10-21(11-13-22)23(26)24-17-19-6-8-20(9-7-19)18-25-14-4-3-5-15-25/h6-13H,2-5,14-18H2,1H3,(H,24,26). The Morgan fingerprint density at radius 2 is 1.63 bits per heavy atom. The fraction of sp³-hybridized carbons (Fsp3) is 0.435. The number of piperidine rings is 1. The Kier molecular flexibility index (Phi) is 7.28. The third-order valence-corrected chi connectivity index (χ3v) is 4.92. The molecule has 0 unspecified atom stereocenters. The molecule has 0 bridgehead atoms. The Balaban J connectivity index is 1.46. The zero-order chi connectivity index (χ0) is 18.9. The van der Waals surface area contributed by atoms with E-state index in [1.54, 1.807) is 0 Å². The number of likely N-dealkylation sites (tertiary alicyclic amines) is 1. The molecule has 3 rings (SSSR count). The van der Waals surface area contributed by atoms with Gasteiger partial charge in [-0.3, -0.25) is 9.69 Å². The Bertz CT molecular complexity index is 704. The monoisotopic (exact) mass is 366 g/mol.